The van der Waals surface area contributed by atoms with E-state index in [-0.39, 0.29) is 0 Å². The Balaban J connectivity index is 1.17. The van der Waals surface area contributed by atoms with E-state index in [0.29, 0.717) is 25.0 Å². The Bertz CT molecular complexity index is 2470. The summed E-state index contributed by atoms with van der Waals surface area (Å²) < 4.78 is 14.1. The molecule has 260 valence electrons. The van der Waals surface area contributed by atoms with E-state index >= 15 is 0 Å². The number of rotatable bonds is 4. The van der Waals surface area contributed by atoms with Gasteiger partial charge in [-0.1, -0.05) is 135 Å². The number of hydrogen-bond acceptors (Lipinski definition) is 2. The molecule has 1 heterocycles. The van der Waals surface area contributed by atoms with Crippen molar-refractivity contribution in [2.45, 2.75) is 39.0 Å². The van der Waals surface area contributed by atoms with Crippen molar-refractivity contribution in [3.63, 3.8) is 0 Å². The molecule has 0 N–H and O–H groups in total. The molecule has 1 aliphatic heterocycles. The Kier molecular flexibility index (Phi) is 8.13. The van der Waals surface area contributed by atoms with E-state index in [1.807, 2.05) is 0 Å². The molecule has 53 heavy (non-hydrogen) atoms. The lowest BCUT2D eigenvalue weighted by molar-refractivity contribution is 0.0991. The minimum Gasteiger partial charge on any atom is -0.492 e. The average Bonchev–Trinajstić information content (AvgIpc) is 3.31. The van der Waals surface area contributed by atoms with Crippen molar-refractivity contribution in [2.24, 2.45) is 17.8 Å². The molecule has 0 unspecified atom stereocenters. The Hall–Kier alpha value is -5.60. The predicted octanol–water partition coefficient (Wildman–Crippen LogP) is 13.9. The van der Waals surface area contributed by atoms with Crippen LogP contribution in [0.4, 0.5) is 0 Å². The minimum atomic E-state index is 0.339. The van der Waals surface area contributed by atoms with E-state index < -0.39 is 0 Å². The lowest BCUT2D eigenvalue weighted by atomic mass is 9.75. The summed E-state index contributed by atoms with van der Waals surface area (Å²) in [6.07, 6.45) is 6.43. The zero-order valence-electron chi connectivity index (χ0n) is 30.4. The topological polar surface area (TPSA) is 18.5 Å². The van der Waals surface area contributed by atoms with Gasteiger partial charge in [0.05, 0.1) is 13.2 Å². The van der Waals surface area contributed by atoms with Gasteiger partial charge in [-0.3, -0.25) is 0 Å². The van der Waals surface area contributed by atoms with Crippen LogP contribution in [0, 0.1) is 17.8 Å². The Morgan fingerprint density at radius 2 is 0.830 bits per heavy atom. The third-order valence-corrected chi connectivity index (χ3v) is 12.4. The molecule has 2 aliphatic rings. The normalized spacial score (nSPS) is 17.8. The van der Waals surface area contributed by atoms with E-state index in [1.165, 1.54) is 97.4 Å². The first-order valence-corrected chi connectivity index (χ1v) is 19.6. The SMILES string of the molecule is CCC1CCC(C2COc3ccc4ccc(-c5ccc6ccccc6c5)cc4c3-c3c(ccc4ccc(-c5ccc6ccccc6c5)cc34)OC2)CC1. The van der Waals surface area contributed by atoms with Gasteiger partial charge in [-0.25, -0.2) is 0 Å². The molecule has 2 heteroatoms. The summed E-state index contributed by atoms with van der Waals surface area (Å²) in [5, 5.41) is 9.76. The van der Waals surface area contributed by atoms with Crippen molar-refractivity contribution >= 4 is 43.1 Å². The number of ether oxygens (including phenoxy) is 2. The summed E-state index contributed by atoms with van der Waals surface area (Å²) in [5.41, 5.74) is 7.06. The Morgan fingerprint density at radius 1 is 0.415 bits per heavy atom. The van der Waals surface area contributed by atoms with Gasteiger partial charge in [0.25, 0.3) is 0 Å². The third kappa shape index (κ3) is 5.91. The highest BCUT2D eigenvalue weighted by Crippen LogP contribution is 2.48. The first-order valence-electron chi connectivity index (χ1n) is 19.6. The van der Waals surface area contributed by atoms with E-state index in [9.17, 15) is 0 Å². The van der Waals surface area contributed by atoms with E-state index in [2.05, 4.69) is 153 Å². The van der Waals surface area contributed by atoms with Crippen molar-refractivity contribution < 1.29 is 9.47 Å². The molecule has 1 fully saturated rings. The minimum absolute atomic E-state index is 0.339. The summed E-state index contributed by atoms with van der Waals surface area (Å²) in [7, 11) is 0. The molecule has 8 aromatic rings. The van der Waals surface area contributed by atoms with Crippen LogP contribution in [-0.4, -0.2) is 13.2 Å². The molecule has 0 radical (unpaired) electrons. The van der Waals surface area contributed by atoms with Crippen LogP contribution in [0.2, 0.25) is 0 Å². The van der Waals surface area contributed by atoms with Gasteiger partial charge in [-0.15, -0.1) is 0 Å². The smallest absolute Gasteiger partial charge is 0.127 e. The maximum absolute atomic E-state index is 7.03. The summed E-state index contributed by atoms with van der Waals surface area (Å²) >= 11 is 0. The number of benzene rings is 8. The van der Waals surface area contributed by atoms with Crippen LogP contribution in [0.1, 0.15) is 39.0 Å². The second-order valence-electron chi connectivity index (χ2n) is 15.4. The summed E-state index contributed by atoms with van der Waals surface area (Å²) in [5.74, 6) is 3.69. The maximum atomic E-state index is 7.03. The van der Waals surface area contributed by atoms with Crippen LogP contribution in [0.3, 0.4) is 0 Å². The van der Waals surface area contributed by atoms with Crippen molar-refractivity contribution in [2.75, 3.05) is 13.2 Å². The molecule has 0 atom stereocenters. The van der Waals surface area contributed by atoms with Crippen LogP contribution in [-0.2, 0) is 0 Å². The van der Waals surface area contributed by atoms with Crippen molar-refractivity contribution in [1.29, 1.82) is 0 Å². The molecule has 0 aromatic heterocycles. The molecule has 0 bridgehead atoms. The van der Waals surface area contributed by atoms with E-state index in [4.69, 9.17) is 9.47 Å². The highest BCUT2D eigenvalue weighted by Gasteiger charge is 2.31. The van der Waals surface area contributed by atoms with Crippen LogP contribution in [0.15, 0.2) is 146 Å². The van der Waals surface area contributed by atoms with Gasteiger partial charge < -0.3 is 9.47 Å². The fourth-order valence-corrected chi connectivity index (χ4v) is 9.23. The first kappa shape index (κ1) is 32.1. The monoisotopic (exact) mass is 688 g/mol. The molecule has 0 saturated heterocycles. The maximum Gasteiger partial charge on any atom is 0.127 e. The first-order chi connectivity index (χ1) is 26.2. The molecule has 2 nitrogen and oxygen atoms in total. The molecular formula is C51H44O2. The van der Waals surface area contributed by atoms with Gasteiger partial charge >= 0.3 is 0 Å². The quantitative estimate of drug-likeness (QED) is 0.183. The third-order valence-electron chi connectivity index (χ3n) is 12.4. The van der Waals surface area contributed by atoms with Gasteiger partial charge in [0.2, 0.25) is 0 Å². The lowest BCUT2D eigenvalue weighted by Crippen LogP contribution is -2.30. The largest absolute Gasteiger partial charge is 0.492 e. The van der Waals surface area contributed by atoms with E-state index in [1.54, 1.807) is 0 Å². The average molecular weight is 689 g/mol. The molecule has 1 aliphatic carbocycles. The van der Waals surface area contributed by atoms with Crippen molar-refractivity contribution in [1.82, 2.24) is 0 Å². The second-order valence-corrected chi connectivity index (χ2v) is 15.4. The number of fused-ring (bicyclic) bond motifs is 9. The summed E-state index contributed by atoms with van der Waals surface area (Å²) in [4.78, 5) is 0. The Morgan fingerprint density at radius 3 is 1.30 bits per heavy atom. The lowest BCUT2D eigenvalue weighted by Gasteiger charge is -2.33. The van der Waals surface area contributed by atoms with Crippen LogP contribution in [0.25, 0.3) is 76.5 Å². The highest BCUT2D eigenvalue weighted by atomic mass is 16.5. The number of hydrogen-bond donors (Lipinski definition) is 0. The van der Waals surface area contributed by atoms with Crippen LogP contribution >= 0.6 is 0 Å². The van der Waals surface area contributed by atoms with Crippen LogP contribution in [0.5, 0.6) is 11.5 Å². The van der Waals surface area contributed by atoms with E-state index in [0.717, 1.165) is 28.5 Å². The zero-order chi connectivity index (χ0) is 35.3. The zero-order valence-corrected chi connectivity index (χ0v) is 30.4. The standard InChI is InChI=1S/C51H44O2/c1-2-33-11-13-36(14-12-33)45-31-52-48-25-23-37-17-21-43(41-19-15-34-7-3-5-9-39(34)27-41)29-46(37)50(48)51-47-30-44(22-18-38(47)24-26-49(51)53-32-45)42-20-16-35-8-4-6-10-40(35)28-42/h3-10,15-30,33,36,45H,2,11-14,31-32H2,1H3. The molecular weight excluding hydrogens is 645 g/mol. The Labute approximate surface area is 312 Å². The van der Waals surface area contributed by atoms with Gasteiger partial charge in [0.1, 0.15) is 11.5 Å². The van der Waals surface area contributed by atoms with Gasteiger partial charge in [0.15, 0.2) is 0 Å². The van der Waals surface area contributed by atoms with Crippen molar-refractivity contribution in [3.8, 4) is 44.9 Å². The molecule has 10 rings (SSSR count). The predicted molar refractivity (Wildman–Crippen MR) is 223 cm³/mol. The van der Waals surface area contributed by atoms with Gasteiger partial charge in [-0.05, 0) is 126 Å². The fraction of sp³-hybridized carbons (Fsp3) is 0.216. The fourth-order valence-electron chi connectivity index (χ4n) is 9.23. The molecule has 0 amide bonds. The van der Waals surface area contributed by atoms with Gasteiger partial charge in [-0.2, -0.15) is 0 Å². The van der Waals surface area contributed by atoms with Gasteiger partial charge in [0, 0.05) is 17.0 Å². The summed E-state index contributed by atoms with van der Waals surface area (Å²) in [6, 6.07) is 53.5. The summed E-state index contributed by atoms with van der Waals surface area (Å²) in [6.45, 7) is 3.67. The van der Waals surface area contributed by atoms with Crippen LogP contribution < -0.4 is 9.47 Å². The second kappa shape index (κ2) is 13.4. The highest BCUT2D eigenvalue weighted by molar-refractivity contribution is 6.11. The molecule has 1 saturated carbocycles. The molecule has 0 spiro atoms. The molecule has 8 aromatic carbocycles. The van der Waals surface area contributed by atoms with Crippen molar-refractivity contribution in [3.05, 3.63) is 146 Å².